The minimum atomic E-state index is -0.493. The zero-order valence-corrected chi connectivity index (χ0v) is 14.6. The highest BCUT2D eigenvalue weighted by Gasteiger charge is 2.19. The number of hydrogen-bond acceptors (Lipinski definition) is 5. The normalized spacial score (nSPS) is 12.0. The summed E-state index contributed by atoms with van der Waals surface area (Å²) in [6, 6.07) is 12.8. The van der Waals surface area contributed by atoms with E-state index < -0.39 is 11.1 Å². The van der Waals surface area contributed by atoms with Crippen LogP contribution in [0.25, 0.3) is 5.69 Å². The van der Waals surface area contributed by atoms with Gasteiger partial charge >= 0.3 is 0 Å². The second-order valence-corrected chi connectivity index (χ2v) is 6.86. The number of aromatic nitrogens is 4. The second kappa shape index (κ2) is 7.62. The van der Waals surface area contributed by atoms with Crippen LogP contribution < -0.4 is 5.32 Å². The number of anilines is 1. The smallest absolute Gasteiger partial charge is 0.237 e. The van der Waals surface area contributed by atoms with Crippen molar-refractivity contribution in [3.8, 4) is 5.69 Å². The highest BCUT2D eigenvalue weighted by atomic mass is 35.5. The van der Waals surface area contributed by atoms with E-state index in [9.17, 15) is 9.18 Å². The van der Waals surface area contributed by atoms with Crippen LogP contribution in [0.1, 0.15) is 6.92 Å². The highest BCUT2D eigenvalue weighted by molar-refractivity contribution is 8.00. The lowest BCUT2D eigenvalue weighted by atomic mass is 10.3. The zero-order chi connectivity index (χ0) is 17.8. The first-order chi connectivity index (χ1) is 12.0. The molecule has 0 radical (unpaired) electrons. The molecule has 1 amide bonds. The SMILES string of the molecule is C[C@H](Sc1nnnn1-c1cccc(Cl)c1)C(=O)Nc1cccc(F)c1. The van der Waals surface area contributed by atoms with Gasteiger partial charge < -0.3 is 5.32 Å². The molecule has 3 rings (SSSR count). The number of nitrogens with one attached hydrogen (secondary N) is 1. The van der Waals surface area contributed by atoms with Gasteiger partial charge in [0.05, 0.1) is 10.9 Å². The third-order valence-corrected chi connectivity index (χ3v) is 4.51. The summed E-state index contributed by atoms with van der Waals surface area (Å²) >= 11 is 7.18. The third kappa shape index (κ3) is 4.34. The van der Waals surface area contributed by atoms with Gasteiger partial charge in [0.2, 0.25) is 11.1 Å². The second-order valence-electron chi connectivity index (χ2n) is 5.11. The molecule has 0 aliphatic carbocycles. The van der Waals surface area contributed by atoms with Crippen LogP contribution in [0.5, 0.6) is 0 Å². The van der Waals surface area contributed by atoms with Crippen molar-refractivity contribution in [2.45, 2.75) is 17.3 Å². The molecule has 0 aliphatic heterocycles. The van der Waals surface area contributed by atoms with Crippen LogP contribution in [-0.2, 0) is 4.79 Å². The summed E-state index contributed by atoms with van der Waals surface area (Å²) in [6.45, 7) is 1.72. The van der Waals surface area contributed by atoms with E-state index in [4.69, 9.17) is 11.6 Å². The molecule has 1 heterocycles. The molecule has 1 N–H and O–H groups in total. The van der Waals surface area contributed by atoms with Crippen molar-refractivity contribution in [3.63, 3.8) is 0 Å². The van der Waals surface area contributed by atoms with Crippen molar-refractivity contribution in [2.24, 2.45) is 0 Å². The van der Waals surface area contributed by atoms with E-state index >= 15 is 0 Å². The zero-order valence-electron chi connectivity index (χ0n) is 13.1. The Hall–Kier alpha value is -2.45. The van der Waals surface area contributed by atoms with Crippen molar-refractivity contribution in [3.05, 3.63) is 59.4 Å². The number of halogens is 2. The van der Waals surface area contributed by atoms with Gasteiger partial charge in [0.25, 0.3) is 0 Å². The van der Waals surface area contributed by atoms with Gasteiger partial charge in [0.1, 0.15) is 5.82 Å². The summed E-state index contributed by atoms with van der Waals surface area (Å²) in [5.74, 6) is -0.695. The number of nitrogens with zero attached hydrogens (tertiary/aromatic N) is 4. The molecule has 9 heteroatoms. The van der Waals surface area contributed by atoms with E-state index in [0.717, 1.165) is 0 Å². The van der Waals surface area contributed by atoms with Gasteiger partial charge in [-0.15, -0.1) is 5.10 Å². The van der Waals surface area contributed by atoms with E-state index in [2.05, 4.69) is 20.8 Å². The summed E-state index contributed by atoms with van der Waals surface area (Å²) in [5.41, 5.74) is 1.09. The quantitative estimate of drug-likeness (QED) is 0.688. The Bertz CT molecular complexity index is 903. The number of hydrogen-bond donors (Lipinski definition) is 1. The van der Waals surface area contributed by atoms with E-state index in [-0.39, 0.29) is 5.91 Å². The summed E-state index contributed by atoms with van der Waals surface area (Å²) in [5, 5.41) is 14.7. The number of carbonyl (C=O) groups excluding carboxylic acids is 1. The maximum atomic E-state index is 13.2. The number of tetrazole rings is 1. The van der Waals surface area contributed by atoms with Gasteiger partial charge in [-0.1, -0.05) is 35.5 Å². The van der Waals surface area contributed by atoms with Crippen LogP contribution >= 0.6 is 23.4 Å². The Labute approximate surface area is 152 Å². The Balaban J connectivity index is 1.72. The lowest BCUT2D eigenvalue weighted by Gasteiger charge is -2.12. The van der Waals surface area contributed by atoms with Crippen molar-refractivity contribution >= 4 is 35.0 Å². The number of benzene rings is 2. The number of rotatable bonds is 5. The van der Waals surface area contributed by atoms with Gasteiger partial charge in [0.15, 0.2) is 0 Å². The van der Waals surface area contributed by atoms with E-state index in [1.54, 1.807) is 31.2 Å². The standard InChI is InChI=1S/C16H13ClFN5OS/c1-10(15(24)19-13-6-3-5-12(18)9-13)25-16-20-21-22-23(16)14-7-2-4-11(17)8-14/h2-10H,1H3,(H,19,24)/t10-/m0/s1. The molecule has 0 fully saturated rings. The average Bonchev–Trinajstić information content (AvgIpc) is 3.03. The fraction of sp³-hybridized carbons (Fsp3) is 0.125. The molecule has 0 aliphatic rings. The lowest BCUT2D eigenvalue weighted by Crippen LogP contribution is -2.23. The highest BCUT2D eigenvalue weighted by Crippen LogP contribution is 2.25. The summed E-state index contributed by atoms with van der Waals surface area (Å²) in [4.78, 5) is 12.3. The number of carbonyl (C=O) groups is 1. The van der Waals surface area contributed by atoms with Gasteiger partial charge in [-0.3, -0.25) is 4.79 Å². The number of thioether (sulfide) groups is 1. The van der Waals surface area contributed by atoms with E-state index in [1.165, 1.54) is 34.6 Å². The first-order valence-electron chi connectivity index (χ1n) is 7.30. The van der Waals surface area contributed by atoms with Gasteiger partial charge in [-0.25, -0.2) is 4.39 Å². The van der Waals surface area contributed by atoms with Crippen LogP contribution in [0.2, 0.25) is 5.02 Å². The van der Waals surface area contributed by atoms with Gasteiger partial charge in [0, 0.05) is 10.7 Å². The molecule has 128 valence electrons. The van der Waals surface area contributed by atoms with Crippen LogP contribution in [0, 0.1) is 5.82 Å². The van der Waals surface area contributed by atoms with Crippen molar-refractivity contribution in [2.75, 3.05) is 5.32 Å². The molecule has 0 unspecified atom stereocenters. The summed E-state index contributed by atoms with van der Waals surface area (Å²) in [6.07, 6.45) is 0. The monoisotopic (exact) mass is 377 g/mol. The van der Waals surface area contributed by atoms with E-state index in [0.29, 0.717) is 21.6 Å². The summed E-state index contributed by atoms with van der Waals surface area (Å²) in [7, 11) is 0. The summed E-state index contributed by atoms with van der Waals surface area (Å²) < 4.78 is 14.7. The van der Waals surface area contributed by atoms with Crippen LogP contribution in [0.3, 0.4) is 0 Å². The predicted octanol–water partition coefficient (Wildman–Crippen LogP) is 3.57. The molecule has 0 spiro atoms. The van der Waals surface area contributed by atoms with Crippen LogP contribution in [0.15, 0.2) is 53.7 Å². The molecule has 0 saturated heterocycles. The third-order valence-electron chi connectivity index (χ3n) is 3.24. The largest absolute Gasteiger partial charge is 0.325 e. The van der Waals surface area contributed by atoms with Crippen LogP contribution in [0.4, 0.5) is 10.1 Å². The Morgan fingerprint density at radius 3 is 2.84 bits per heavy atom. The maximum Gasteiger partial charge on any atom is 0.237 e. The lowest BCUT2D eigenvalue weighted by molar-refractivity contribution is -0.115. The first kappa shape index (κ1) is 17.4. The van der Waals surface area contributed by atoms with E-state index in [1.807, 2.05) is 6.07 Å². The molecule has 0 saturated carbocycles. The van der Waals surface area contributed by atoms with Gasteiger partial charge in [-0.2, -0.15) is 4.68 Å². The fourth-order valence-electron chi connectivity index (χ4n) is 2.04. The Morgan fingerprint density at radius 2 is 2.08 bits per heavy atom. The molecule has 1 atom stereocenters. The molecule has 3 aromatic rings. The number of amides is 1. The average molecular weight is 378 g/mol. The molecule has 0 bridgehead atoms. The molecule has 1 aromatic heterocycles. The van der Waals surface area contributed by atoms with Crippen molar-refractivity contribution in [1.29, 1.82) is 0 Å². The minimum Gasteiger partial charge on any atom is -0.325 e. The Morgan fingerprint density at radius 1 is 1.28 bits per heavy atom. The molecular formula is C16H13ClFN5OS. The molecule has 25 heavy (non-hydrogen) atoms. The minimum absolute atomic E-state index is 0.281. The topological polar surface area (TPSA) is 72.7 Å². The van der Waals surface area contributed by atoms with Gasteiger partial charge in [-0.05, 0) is 53.7 Å². The fourth-order valence-corrected chi connectivity index (χ4v) is 3.04. The molecule has 6 nitrogen and oxygen atoms in total. The molecular weight excluding hydrogens is 365 g/mol. The maximum absolute atomic E-state index is 13.2. The van der Waals surface area contributed by atoms with Crippen molar-refractivity contribution in [1.82, 2.24) is 20.2 Å². The Kier molecular flexibility index (Phi) is 5.30. The molecule has 2 aromatic carbocycles. The van der Waals surface area contributed by atoms with Crippen molar-refractivity contribution < 1.29 is 9.18 Å². The predicted molar refractivity (Wildman–Crippen MR) is 94.5 cm³/mol. The first-order valence-corrected chi connectivity index (χ1v) is 8.56. The van der Waals surface area contributed by atoms with Crippen LogP contribution in [-0.4, -0.2) is 31.4 Å².